The van der Waals surface area contributed by atoms with Gasteiger partial charge in [-0.1, -0.05) is 40.2 Å². The highest BCUT2D eigenvalue weighted by Gasteiger charge is 2.40. The third-order valence-corrected chi connectivity index (χ3v) is 7.27. The number of phenolic OH excluding ortho intramolecular Hbond substituents is 1. The van der Waals surface area contributed by atoms with E-state index in [1.165, 1.54) is 0 Å². The fraction of sp³-hybridized carbons (Fsp3) is 0.222. The van der Waals surface area contributed by atoms with Gasteiger partial charge in [0.2, 0.25) is 6.79 Å². The smallest absolute Gasteiger partial charge is 0.257 e. The lowest BCUT2D eigenvalue weighted by Gasteiger charge is -2.37. The van der Waals surface area contributed by atoms with Gasteiger partial charge in [0.05, 0.1) is 11.6 Å². The molecular formula is C27H23BrN2O4. The first-order valence-corrected chi connectivity index (χ1v) is 12.1. The molecule has 1 amide bonds. The fourth-order valence-corrected chi connectivity index (χ4v) is 5.24. The van der Waals surface area contributed by atoms with Crippen molar-refractivity contribution in [3.05, 3.63) is 88.0 Å². The van der Waals surface area contributed by atoms with Crippen LogP contribution in [0.4, 0.5) is 5.69 Å². The highest BCUT2D eigenvalue weighted by atomic mass is 79.9. The first kappa shape index (κ1) is 21.1. The number of ether oxygens (including phenoxy) is 2. The number of carbonyl (C=O) groups is 1. The lowest BCUT2D eigenvalue weighted by molar-refractivity contribution is -0.111. The summed E-state index contributed by atoms with van der Waals surface area (Å²) in [5.74, 6) is 1.95. The van der Waals surface area contributed by atoms with Crippen molar-refractivity contribution in [3.63, 3.8) is 0 Å². The number of rotatable bonds is 5. The summed E-state index contributed by atoms with van der Waals surface area (Å²) < 4.78 is 12.0. The normalized spacial score (nSPS) is 18.3. The maximum atomic E-state index is 13.4. The van der Waals surface area contributed by atoms with Crippen molar-refractivity contribution in [3.8, 4) is 17.2 Å². The highest BCUT2D eigenvalue weighted by molar-refractivity contribution is 9.10. The molecular weight excluding hydrogens is 496 g/mol. The number of amides is 1. The Morgan fingerprint density at radius 2 is 1.82 bits per heavy atom. The molecule has 1 atom stereocenters. The van der Waals surface area contributed by atoms with Crippen LogP contribution in [0.3, 0.4) is 0 Å². The van der Waals surface area contributed by atoms with E-state index in [-0.39, 0.29) is 24.5 Å². The Balaban J connectivity index is 1.40. The van der Waals surface area contributed by atoms with E-state index in [4.69, 9.17) is 9.47 Å². The molecule has 3 aromatic rings. The Kier molecular flexibility index (Phi) is 5.21. The third kappa shape index (κ3) is 3.90. The monoisotopic (exact) mass is 518 g/mol. The van der Waals surface area contributed by atoms with Gasteiger partial charge in [0.25, 0.3) is 5.91 Å². The quantitative estimate of drug-likeness (QED) is 0.444. The summed E-state index contributed by atoms with van der Waals surface area (Å²) in [6.07, 6.45) is 4.22. The topological polar surface area (TPSA) is 71.0 Å². The molecule has 1 unspecified atom stereocenters. The number of hydrogen-bond donors (Lipinski definition) is 2. The molecule has 1 aliphatic carbocycles. The minimum Gasteiger partial charge on any atom is -0.508 e. The molecule has 0 radical (unpaired) electrons. The molecule has 34 heavy (non-hydrogen) atoms. The number of aromatic hydroxyl groups is 1. The molecule has 0 aromatic heterocycles. The van der Waals surface area contributed by atoms with Gasteiger partial charge in [-0.2, -0.15) is 0 Å². The van der Waals surface area contributed by atoms with E-state index in [1.807, 2.05) is 60.8 Å². The summed E-state index contributed by atoms with van der Waals surface area (Å²) in [4.78, 5) is 15.6. The van der Waals surface area contributed by atoms with E-state index in [0.29, 0.717) is 18.0 Å². The third-order valence-electron chi connectivity index (χ3n) is 6.54. The zero-order valence-corrected chi connectivity index (χ0v) is 19.9. The SMILES string of the molecule is O=C(Nc1ccccc1)C1=CN(Cc2cc3c(cc2Br)OCO3)C(C2CC2)c2cc(O)ccc21. The predicted molar refractivity (Wildman–Crippen MR) is 132 cm³/mol. The molecule has 0 bridgehead atoms. The maximum absolute atomic E-state index is 13.4. The Morgan fingerprint density at radius 3 is 2.59 bits per heavy atom. The second-order valence-electron chi connectivity index (χ2n) is 8.89. The van der Waals surface area contributed by atoms with E-state index < -0.39 is 0 Å². The second-order valence-corrected chi connectivity index (χ2v) is 9.74. The molecule has 2 N–H and O–H groups in total. The Morgan fingerprint density at radius 1 is 1.06 bits per heavy atom. The van der Waals surface area contributed by atoms with Crippen LogP contribution < -0.4 is 14.8 Å². The first-order chi connectivity index (χ1) is 16.6. The molecule has 7 heteroatoms. The molecule has 3 aliphatic rings. The Bertz CT molecular complexity index is 1300. The van der Waals surface area contributed by atoms with Gasteiger partial charge in [0, 0.05) is 22.9 Å². The molecule has 0 saturated heterocycles. The van der Waals surface area contributed by atoms with Gasteiger partial charge in [-0.3, -0.25) is 4.79 Å². The van der Waals surface area contributed by atoms with Gasteiger partial charge in [-0.05, 0) is 71.8 Å². The van der Waals surface area contributed by atoms with Crippen molar-refractivity contribution in [2.24, 2.45) is 5.92 Å². The van der Waals surface area contributed by atoms with Crippen LogP contribution in [0.15, 0.2) is 71.3 Å². The zero-order chi connectivity index (χ0) is 23.2. The van der Waals surface area contributed by atoms with Crippen LogP contribution in [-0.2, 0) is 11.3 Å². The summed E-state index contributed by atoms with van der Waals surface area (Å²) in [7, 11) is 0. The minimum absolute atomic E-state index is 0.0766. The van der Waals surface area contributed by atoms with Gasteiger partial charge in [0.15, 0.2) is 11.5 Å². The molecule has 0 spiro atoms. The van der Waals surface area contributed by atoms with Crippen molar-refractivity contribution in [1.29, 1.82) is 0 Å². The van der Waals surface area contributed by atoms with Crippen LogP contribution in [0.1, 0.15) is 35.6 Å². The molecule has 1 saturated carbocycles. The van der Waals surface area contributed by atoms with E-state index in [1.54, 1.807) is 6.07 Å². The average molecular weight is 519 g/mol. The van der Waals surface area contributed by atoms with Crippen molar-refractivity contribution < 1.29 is 19.4 Å². The summed E-state index contributed by atoms with van der Waals surface area (Å²) in [6.45, 7) is 0.797. The summed E-state index contributed by atoms with van der Waals surface area (Å²) in [5, 5.41) is 13.3. The number of fused-ring (bicyclic) bond motifs is 2. The number of hydrogen-bond acceptors (Lipinski definition) is 5. The first-order valence-electron chi connectivity index (χ1n) is 11.3. The van der Waals surface area contributed by atoms with E-state index in [9.17, 15) is 9.90 Å². The summed E-state index contributed by atoms with van der Waals surface area (Å²) >= 11 is 3.68. The van der Waals surface area contributed by atoms with Crippen molar-refractivity contribution >= 4 is 33.1 Å². The van der Waals surface area contributed by atoms with E-state index in [0.717, 1.165) is 51.2 Å². The predicted octanol–water partition coefficient (Wildman–Crippen LogP) is 5.83. The highest BCUT2D eigenvalue weighted by Crippen LogP contribution is 2.50. The molecule has 6 nitrogen and oxygen atoms in total. The largest absolute Gasteiger partial charge is 0.508 e. The van der Waals surface area contributed by atoms with Gasteiger partial charge < -0.3 is 24.8 Å². The molecule has 2 aliphatic heterocycles. The average Bonchev–Trinajstić information content (AvgIpc) is 3.57. The molecule has 1 fully saturated rings. The van der Waals surface area contributed by atoms with Crippen LogP contribution in [0.25, 0.3) is 5.57 Å². The number of para-hydroxylation sites is 1. The Hall–Kier alpha value is -3.45. The molecule has 2 heterocycles. The minimum atomic E-state index is -0.179. The lowest BCUT2D eigenvalue weighted by atomic mass is 9.87. The van der Waals surface area contributed by atoms with Crippen LogP contribution in [0.2, 0.25) is 0 Å². The molecule has 3 aromatic carbocycles. The number of nitrogens with one attached hydrogen (secondary N) is 1. The number of halogens is 1. The zero-order valence-electron chi connectivity index (χ0n) is 18.3. The van der Waals surface area contributed by atoms with Crippen molar-refractivity contribution in [2.45, 2.75) is 25.4 Å². The van der Waals surface area contributed by atoms with Crippen molar-refractivity contribution in [2.75, 3.05) is 12.1 Å². The van der Waals surface area contributed by atoms with Crippen LogP contribution >= 0.6 is 15.9 Å². The van der Waals surface area contributed by atoms with E-state index >= 15 is 0 Å². The van der Waals surface area contributed by atoms with Gasteiger partial charge in [0.1, 0.15) is 5.75 Å². The van der Waals surface area contributed by atoms with E-state index in [2.05, 4.69) is 26.1 Å². The van der Waals surface area contributed by atoms with Gasteiger partial charge in [-0.15, -0.1) is 0 Å². The number of phenols is 1. The Labute approximate surface area is 205 Å². The molecule has 172 valence electrons. The second kappa shape index (κ2) is 8.40. The number of nitrogens with zero attached hydrogens (tertiary/aromatic N) is 1. The van der Waals surface area contributed by atoms with Crippen LogP contribution in [0.5, 0.6) is 17.2 Å². The number of anilines is 1. The van der Waals surface area contributed by atoms with Crippen LogP contribution in [0, 0.1) is 5.92 Å². The fourth-order valence-electron chi connectivity index (χ4n) is 4.79. The number of benzene rings is 3. The standard InChI is InChI=1S/C27H23BrN2O4/c28-23-12-25-24(33-15-34-25)10-17(23)13-30-14-22(27(32)29-18-4-2-1-3-5-18)20-9-8-19(31)11-21(20)26(30)16-6-7-16/h1-5,8-12,14,16,26,31H,6-7,13,15H2,(H,29,32). The van der Waals surface area contributed by atoms with Gasteiger partial charge in [-0.25, -0.2) is 0 Å². The summed E-state index contributed by atoms with van der Waals surface area (Å²) in [5.41, 5.74) is 4.21. The lowest BCUT2D eigenvalue weighted by Crippen LogP contribution is -2.31. The van der Waals surface area contributed by atoms with Crippen LogP contribution in [-0.4, -0.2) is 22.7 Å². The van der Waals surface area contributed by atoms with Gasteiger partial charge >= 0.3 is 0 Å². The van der Waals surface area contributed by atoms with Crippen molar-refractivity contribution in [1.82, 2.24) is 4.90 Å². The number of carbonyl (C=O) groups excluding carboxylic acids is 1. The summed E-state index contributed by atoms with van der Waals surface area (Å²) in [6, 6.07) is 18.7. The molecule has 6 rings (SSSR count). The maximum Gasteiger partial charge on any atom is 0.257 e.